The quantitative estimate of drug-likeness (QED) is 0.421. The third-order valence-corrected chi connectivity index (χ3v) is 5.71. The summed E-state index contributed by atoms with van der Waals surface area (Å²) in [4.78, 5) is 26.9. The Hall–Kier alpha value is -4.31. The number of anilines is 1. The zero-order valence-corrected chi connectivity index (χ0v) is 18.9. The number of hydrogen-bond donors (Lipinski definition) is 1. The molecule has 0 saturated carbocycles. The minimum atomic E-state index is -0.505. The molecule has 3 aromatic carbocycles. The van der Waals surface area contributed by atoms with Crippen LogP contribution in [0.2, 0.25) is 0 Å². The van der Waals surface area contributed by atoms with E-state index in [-0.39, 0.29) is 18.1 Å². The van der Waals surface area contributed by atoms with Crippen LogP contribution in [0.15, 0.2) is 66.2 Å². The molecule has 1 aliphatic rings. The van der Waals surface area contributed by atoms with E-state index >= 15 is 0 Å². The molecular weight excluding hydrogens is 430 g/mol. The number of hydrogen-bond acceptors (Lipinski definition) is 5. The summed E-state index contributed by atoms with van der Waals surface area (Å²) in [6.07, 6.45) is 3.53. The summed E-state index contributed by atoms with van der Waals surface area (Å²) in [6.45, 7) is 1.46. The highest BCUT2D eigenvalue weighted by Crippen LogP contribution is 2.29. The van der Waals surface area contributed by atoms with Gasteiger partial charge in [-0.1, -0.05) is 42.5 Å². The molecule has 34 heavy (non-hydrogen) atoms. The van der Waals surface area contributed by atoms with E-state index in [1.54, 1.807) is 29.2 Å². The summed E-state index contributed by atoms with van der Waals surface area (Å²) < 4.78 is 11.1. The molecule has 0 aliphatic carbocycles. The molecule has 0 unspecified atom stereocenters. The minimum Gasteiger partial charge on any atom is -0.493 e. The lowest BCUT2D eigenvalue weighted by Crippen LogP contribution is -2.32. The predicted octanol–water partition coefficient (Wildman–Crippen LogP) is 4.40. The van der Waals surface area contributed by atoms with Gasteiger partial charge in [0.05, 0.1) is 7.11 Å². The molecule has 0 radical (unpaired) electrons. The first-order valence-electron chi connectivity index (χ1n) is 11.1. The van der Waals surface area contributed by atoms with Crippen molar-refractivity contribution in [2.75, 3.05) is 32.1 Å². The van der Waals surface area contributed by atoms with E-state index in [1.165, 1.54) is 13.2 Å². The van der Waals surface area contributed by atoms with Gasteiger partial charge < -0.3 is 19.7 Å². The van der Waals surface area contributed by atoms with E-state index in [0.29, 0.717) is 22.7 Å². The number of ether oxygens (including phenoxy) is 2. The molecule has 7 heteroatoms. The topological polar surface area (TPSA) is 91.7 Å². The lowest BCUT2D eigenvalue weighted by atomic mass is 10.1. The maximum absolute atomic E-state index is 12.8. The molecule has 1 N–H and O–H groups in total. The summed E-state index contributed by atoms with van der Waals surface area (Å²) in [5, 5.41) is 14.3. The molecule has 0 spiro atoms. The van der Waals surface area contributed by atoms with Crippen LogP contribution in [-0.2, 0) is 9.59 Å². The van der Waals surface area contributed by atoms with E-state index < -0.39 is 5.91 Å². The maximum atomic E-state index is 12.8. The van der Waals surface area contributed by atoms with Gasteiger partial charge in [-0.2, -0.15) is 5.26 Å². The minimum absolute atomic E-state index is 0.0483. The highest BCUT2D eigenvalue weighted by Gasteiger charge is 2.19. The first-order chi connectivity index (χ1) is 16.6. The third-order valence-electron chi connectivity index (χ3n) is 5.71. The van der Waals surface area contributed by atoms with Crippen molar-refractivity contribution in [1.82, 2.24) is 4.90 Å². The van der Waals surface area contributed by atoms with Gasteiger partial charge in [0.1, 0.15) is 11.6 Å². The molecule has 1 saturated heterocycles. The van der Waals surface area contributed by atoms with Crippen LogP contribution in [-0.4, -0.2) is 43.5 Å². The Kier molecular flexibility index (Phi) is 7.09. The number of nitrogens with one attached hydrogen (secondary N) is 1. The second-order valence-electron chi connectivity index (χ2n) is 7.94. The van der Waals surface area contributed by atoms with Gasteiger partial charge >= 0.3 is 0 Å². The molecule has 4 rings (SSSR count). The fourth-order valence-electron chi connectivity index (χ4n) is 3.93. The molecule has 2 amide bonds. The van der Waals surface area contributed by atoms with Gasteiger partial charge in [0.2, 0.25) is 0 Å². The largest absolute Gasteiger partial charge is 0.493 e. The van der Waals surface area contributed by atoms with Gasteiger partial charge in [-0.3, -0.25) is 9.59 Å². The van der Waals surface area contributed by atoms with E-state index in [2.05, 4.69) is 5.32 Å². The van der Waals surface area contributed by atoms with Gasteiger partial charge in [0, 0.05) is 24.2 Å². The summed E-state index contributed by atoms with van der Waals surface area (Å²) in [5.41, 5.74) is 1.18. The van der Waals surface area contributed by atoms with Gasteiger partial charge in [-0.15, -0.1) is 0 Å². The van der Waals surface area contributed by atoms with Crippen molar-refractivity contribution < 1.29 is 19.1 Å². The van der Waals surface area contributed by atoms with Crippen molar-refractivity contribution in [3.63, 3.8) is 0 Å². The van der Waals surface area contributed by atoms with Crippen LogP contribution < -0.4 is 14.8 Å². The normalized spacial score (nSPS) is 13.4. The number of nitriles is 1. The molecule has 0 atom stereocenters. The van der Waals surface area contributed by atoms with E-state index in [4.69, 9.17) is 9.47 Å². The average molecular weight is 456 g/mol. The standard InChI is InChI=1S/C27H25N3O4/c1-33-25-16-19(11-12-24(25)34-18-26(31)30-13-4-5-14-30)15-21(17-28)27(32)29-23-10-6-8-20-7-2-3-9-22(20)23/h2-3,6-12,15-16H,4-5,13-14,18H2,1H3,(H,29,32)/b21-15+. The zero-order valence-electron chi connectivity index (χ0n) is 18.9. The number of nitrogens with zero attached hydrogens (tertiary/aromatic N) is 2. The molecule has 3 aromatic rings. The molecule has 172 valence electrons. The van der Waals surface area contributed by atoms with Crippen LogP contribution in [0.1, 0.15) is 18.4 Å². The number of amides is 2. The van der Waals surface area contributed by atoms with Crippen molar-refractivity contribution in [3.05, 3.63) is 71.8 Å². The Morgan fingerprint density at radius 3 is 2.59 bits per heavy atom. The van der Waals surface area contributed by atoms with Crippen molar-refractivity contribution >= 4 is 34.4 Å². The smallest absolute Gasteiger partial charge is 0.266 e. The molecule has 0 aromatic heterocycles. The number of methoxy groups -OCH3 is 1. The van der Waals surface area contributed by atoms with Crippen LogP contribution in [0.25, 0.3) is 16.8 Å². The molecule has 1 aliphatic heterocycles. The summed E-state index contributed by atoms with van der Waals surface area (Å²) in [7, 11) is 1.50. The van der Waals surface area contributed by atoms with Crippen LogP contribution in [0.3, 0.4) is 0 Å². The Labute approximate surface area is 198 Å². The van der Waals surface area contributed by atoms with Gasteiger partial charge in [-0.25, -0.2) is 0 Å². The Morgan fingerprint density at radius 1 is 1.06 bits per heavy atom. The fourth-order valence-corrected chi connectivity index (χ4v) is 3.93. The van der Waals surface area contributed by atoms with Crippen molar-refractivity contribution in [2.24, 2.45) is 0 Å². The number of carbonyl (C=O) groups excluding carboxylic acids is 2. The SMILES string of the molecule is COc1cc(/C=C(\C#N)C(=O)Nc2cccc3ccccc23)ccc1OCC(=O)N1CCCC1. The zero-order chi connectivity index (χ0) is 23.9. The molecule has 7 nitrogen and oxygen atoms in total. The molecule has 1 heterocycles. The lowest BCUT2D eigenvalue weighted by Gasteiger charge is -2.16. The van der Waals surface area contributed by atoms with Crippen molar-refractivity contribution in [3.8, 4) is 17.6 Å². The maximum Gasteiger partial charge on any atom is 0.266 e. The van der Waals surface area contributed by atoms with Crippen LogP contribution in [0, 0.1) is 11.3 Å². The first kappa shape index (κ1) is 22.9. The molecule has 1 fully saturated rings. The second kappa shape index (κ2) is 10.5. The van der Waals surface area contributed by atoms with Gasteiger partial charge in [0.25, 0.3) is 11.8 Å². The van der Waals surface area contributed by atoms with Gasteiger partial charge in [0.15, 0.2) is 18.1 Å². The average Bonchev–Trinajstić information content (AvgIpc) is 3.41. The van der Waals surface area contributed by atoms with Crippen LogP contribution in [0.4, 0.5) is 5.69 Å². The summed E-state index contributed by atoms with van der Waals surface area (Å²) in [5.74, 6) is 0.274. The fraction of sp³-hybridized carbons (Fsp3) is 0.222. The number of rotatable bonds is 7. The first-order valence-corrected chi connectivity index (χ1v) is 11.1. The second-order valence-corrected chi connectivity index (χ2v) is 7.94. The number of likely N-dealkylation sites (tertiary alicyclic amines) is 1. The Balaban J connectivity index is 1.49. The van der Waals surface area contributed by atoms with Crippen LogP contribution in [0.5, 0.6) is 11.5 Å². The Bertz CT molecular complexity index is 1280. The number of benzene rings is 3. The number of carbonyl (C=O) groups is 2. The Morgan fingerprint density at radius 2 is 1.82 bits per heavy atom. The number of fused-ring (bicyclic) bond motifs is 1. The van der Waals surface area contributed by atoms with E-state index in [9.17, 15) is 14.9 Å². The van der Waals surface area contributed by atoms with Crippen molar-refractivity contribution in [1.29, 1.82) is 5.26 Å². The molecular formula is C27H25N3O4. The highest BCUT2D eigenvalue weighted by atomic mass is 16.5. The third kappa shape index (κ3) is 5.18. The highest BCUT2D eigenvalue weighted by molar-refractivity contribution is 6.12. The monoisotopic (exact) mass is 455 g/mol. The van der Waals surface area contributed by atoms with Gasteiger partial charge in [-0.05, 0) is 48.1 Å². The van der Waals surface area contributed by atoms with Crippen molar-refractivity contribution in [2.45, 2.75) is 12.8 Å². The van der Waals surface area contributed by atoms with E-state index in [1.807, 2.05) is 42.5 Å². The summed E-state index contributed by atoms with van der Waals surface area (Å²) in [6, 6.07) is 20.3. The van der Waals surface area contributed by atoms with Crippen LogP contribution >= 0.6 is 0 Å². The van der Waals surface area contributed by atoms with E-state index in [0.717, 1.165) is 36.7 Å². The summed E-state index contributed by atoms with van der Waals surface area (Å²) >= 11 is 0. The molecule has 0 bridgehead atoms. The lowest BCUT2D eigenvalue weighted by molar-refractivity contribution is -0.132. The predicted molar refractivity (Wildman–Crippen MR) is 130 cm³/mol.